The fourth-order valence-electron chi connectivity index (χ4n) is 3.42. The zero-order valence-corrected chi connectivity index (χ0v) is 13.3. The predicted octanol–water partition coefficient (Wildman–Crippen LogP) is 4.10. The van der Waals surface area contributed by atoms with Crippen LogP contribution in [0.1, 0.15) is 69.7 Å². The summed E-state index contributed by atoms with van der Waals surface area (Å²) >= 11 is 0. The van der Waals surface area contributed by atoms with E-state index in [0.29, 0.717) is 10.8 Å². The lowest BCUT2D eigenvalue weighted by atomic mass is 9.62. The maximum absolute atomic E-state index is 5.78. The molecule has 0 aliphatic heterocycles. The van der Waals surface area contributed by atoms with Crippen molar-refractivity contribution in [3.63, 3.8) is 0 Å². The maximum atomic E-state index is 5.78. The van der Waals surface area contributed by atoms with Crippen molar-refractivity contribution in [3.8, 4) is 0 Å². The summed E-state index contributed by atoms with van der Waals surface area (Å²) in [7, 11) is 0. The van der Waals surface area contributed by atoms with Crippen molar-refractivity contribution in [3.05, 3.63) is 34.4 Å². The van der Waals surface area contributed by atoms with Crippen LogP contribution in [0, 0.1) is 0 Å². The molecule has 0 bridgehead atoms. The van der Waals surface area contributed by atoms with Gasteiger partial charge in [-0.3, -0.25) is 0 Å². The number of hydrogen-bond acceptors (Lipinski definition) is 1. The Balaban J connectivity index is 2.63. The van der Waals surface area contributed by atoms with Gasteiger partial charge in [0.15, 0.2) is 0 Å². The molecule has 1 aliphatic carbocycles. The van der Waals surface area contributed by atoms with E-state index in [9.17, 15) is 0 Å². The van der Waals surface area contributed by atoms with Gasteiger partial charge in [0.1, 0.15) is 0 Å². The summed E-state index contributed by atoms with van der Waals surface area (Å²) in [5.74, 6) is 0. The van der Waals surface area contributed by atoms with Crippen LogP contribution in [0.3, 0.4) is 0 Å². The van der Waals surface area contributed by atoms with Crippen LogP contribution in [-0.2, 0) is 23.7 Å². The lowest BCUT2D eigenvalue weighted by Gasteiger charge is -2.42. The van der Waals surface area contributed by atoms with Crippen molar-refractivity contribution < 1.29 is 0 Å². The molecule has 0 saturated carbocycles. The molecular weight excluding hydrogens is 230 g/mol. The molecule has 1 nitrogen and oxygen atoms in total. The molecule has 1 aromatic carbocycles. The third-order valence-corrected chi connectivity index (χ3v) is 4.97. The molecule has 0 unspecified atom stereocenters. The van der Waals surface area contributed by atoms with E-state index in [4.69, 9.17) is 5.73 Å². The van der Waals surface area contributed by atoms with Gasteiger partial charge >= 0.3 is 0 Å². The topological polar surface area (TPSA) is 26.0 Å². The molecule has 106 valence electrons. The average molecular weight is 259 g/mol. The lowest BCUT2D eigenvalue weighted by Crippen LogP contribution is -2.34. The van der Waals surface area contributed by atoms with Crippen molar-refractivity contribution in [2.24, 2.45) is 5.73 Å². The molecule has 1 heteroatoms. The van der Waals surface area contributed by atoms with E-state index in [1.807, 2.05) is 0 Å². The molecule has 0 saturated heterocycles. The van der Waals surface area contributed by atoms with Crippen molar-refractivity contribution in [2.45, 2.75) is 71.1 Å². The SMILES string of the molecule is CCc1cc2c(cc1CCN)C(C)(C)CCC2(C)C. The quantitative estimate of drug-likeness (QED) is 0.869. The molecule has 0 aromatic heterocycles. The summed E-state index contributed by atoms with van der Waals surface area (Å²) in [6, 6.07) is 4.93. The van der Waals surface area contributed by atoms with E-state index in [1.54, 1.807) is 11.1 Å². The van der Waals surface area contributed by atoms with Gasteiger partial charge in [0.2, 0.25) is 0 Å². The second-order valence-electron chi connectivity index (χ2n) is 7.33. The molecule has 0 fully saturated rings. The fraction of sp³-hybridized carbons (Fsp3) is 0.667. The highest BCUT2D eigenvalue weighted by molar-refractivity contribution is 5.47. The summed E-state index contributed by atoms with van der Waals surface area (Å²) < 4.78 is 0. The van der Waals surface area contributed by atoms with E-state index >= 15 is 0 Å². The third-order valence-electron chi connectivity index (χ3n) is 4.97. The first-order valence-corrected chi connectivity index (χ1v) is 7.68. The van der Waals surface area contributed by atoms with Crippen LogP contribution in [0.4, 0.5) is 0 Å². The van der Waals surface area contributed by atoms with Crippen LogP contribution in [0.15, 0.2) is 12.1 Å². The molecular formula is C18H29N. The summed E-state index contributed by atoms with van der Waals surface area (Å²) in [4.78, 5) is 0. The number of fused-ring (bicyclic) bond motifs is 1. The van der Waals surface area contributed by atoms with Crippen molar-refractivity contribution in [1.82, 2.24) is 0 Å². The van der Waals surface area contributed by atoms with Crippen LogP contribution in [0.5, 0.6) is 0 Å². The van der Waals surface area contributed by atoms with Gasteiger partial charge < -0.3 is 5.73 Å². The Hall–Kier alpha value is -0.820. The van der Waals surface area contributed by atoms with Crippen molar-refractivity contribution >= 4 is 0 Å². The normalized spacial score (nSPS) is 20.1. The Labute approximate surface area is 118 Å². The number of nitrogens with two attached hydrogens (primary N) is 1. The Morgan fingerprint density at radius 1 is 0.947 bits per heavy atom. The first-order chi connectivity index (χ1) is 8.81. The van der Waals surface area contributed by atoms with E-state index in [2.05, 4.69) is 46.8 Å². The van der Waals surface area contributed by atoms with Crippen LogP contribution in [0.25, 0.3) is 0 Å². The van der Waals surface area contributed by atoms with Gasteiger partial charge in [-0.25, -0.2) is 0 Å². The first kappa shape index (κ1) is 14.6. The minimum atomic E-state index is 0.306. The zero-order chi connectivity index (χ0) is 14.3. The van der Waals surface area contributed by atoms with Crippen LogP contribution < -0.4 is 5.73 Å². The van der Waals surface area contributed by atoms with Gasteiger partial charge in [-0.15, -0.1) is 0 Å². The number of hydrogen-bond donors (Lipinski definition) is 1. The van der Waals surface area contributed by atoms with Gasteiger partial charge in [0.25, 0.3) is 0 Å². The van der Waals surface area contributed by atoms with Gasteiger partial charge in [-0.2, -0.15) is 0 Å². The maximum Gasteiger partial charge on any atom is -0.00366 e. The van der Waals surface area contributed by atoms with Gasteiger partial charge in [-0.1, -0.05) is 46.8 Å². The molecule has 19 heavy (non-hydrogen) atoms. The number of rotatable bonds is 3. The molecule has 0 heterocycles. The Kier molecular flexibility index (Phi) is 3.79. The van der Waals surface area contributed by atoms with Crippen LogP contribution in [-0.4, -0.2) is 6.54 Å². The minimum Gasteiger partial charge on any atom is -0.330 e. The van der Waals surface area contributed by atoms with E-state index in [0.717, 1.165) is 19.4 Å². The van der Waals surface area contributed by atoms with Crippen LogP contribution in [0.2, 0.25) is 0 Å². The predicted molar refractivity (Wildman–Crippen MR) is 83.9 cm³/mol. The fourth-order valence-corrected chi connectivity index (χ4v) is 3.42. The molecule has 0 atom stereocenters. The number of aryl methyl sites for hydroxylation is 1. The van der Waals surface area contributed by atoms with Crippen molar-refractivity contribution in [2.75, 3.05) is 6.54 Å². The number of benzene rings is 1. The van der Waals surface area contributed by atoms with Gasteiger partial charge in [-0.05, 0) is 65.3 Å². The molecule has 1 aliphatic rings. The molecule has 0 amide bonds. The summed E-state index contributed by atoms with van der Waals surface area (Å²) in [5, 5.41) is 0. The monoisotopic (exact) mass is 259 g/mol. The smallest absolute Gasteiger partial charge is 0.00366 e. The molecule has 2 rings (SSSR count). The van der Waals surface area contributed by atoms with Crippen LogP contribution >= 0.6 is 0 Å². The second-order valence-corrected chi connectivity index (χ2v) is 7.33. The highest BCUT2D eigenvalue weighted by atomic mass is 14.5. The Bertz CT molecular complexity index is 469. The molecule has 0 radical (unpaired) electrons. The van der Waals surface area contributed by atoms with Gasteiger partial charge in [0.05, 0.1) is 0 Å². The highest BCUT2D eigenvalue weighted by Gasteiger charge is 2.37. The average Bonchev–Trinajstić information content (AvgIpc) is 2.35. The second kappa shape index (κ2) is 4.94. The Morgan fingerprint density at radius 3 is 1.84 bits per heavy atom. The highest BCUT2D eigenvalue weighted by Crippen LogP contribution is 2.46. The summed E-state index contributed by atoms with van der Waals surface area (Å²) in [6.07, 6.45) is 4.68. The molecule has 0 spiro atoms. The largest absolute Gasteiger partial charge is 0.330 e. The summed E-state index contributed by atoms with van der Waals surface area (Å²) in [5.41, 5.74) is 12.5. The van der Waals surface area contributed by atoms with E-state index in [1.165, 1.54) is 24.0 Å². The zero-order valence-electron chi connectivity index (χ0n) is 13.3. The standard InChI is InChI=1S/C18H29N/c1-6-13-11-15-16(12-14(13)7-10-19)18(4,5)9-8-17(15,2)3/h11-12H,6-10,19H2,1-5H3. The van der Waals surface area contributed by atoms with Crippen molar-refractivity contribution in [1.29, 1.82) is 0 Å². The van der Waals surface area contributed by atoms with E-state index in [-0.39, 0.29) is 0 Å². The lowest BCUT2D eigenvalue weighted by molar-refractivity contribution is 0.331. The van der Waals surface area contributed by atoms with Gasteiger partial charge in [0, 0.05) is 0 Å². The molecule has 2 N–H and O–H groups in total. The summed E-state index contributed by atoms with van der Waals surface area (Å²) in [6.45, 7) is 12.6. The minimum absolute atomic E-state index is 0.306. The van der Waals surface area contributed by atoms with E-state index < -0.39 is 0 Å². The molecule has 1 aromatic rings. The third kappa shape index (κ3) is 2.58. The first-order valence-electron chi connectivity index (χ1n) is 7.68. The Morgan fingerprint density at radius 2 is 1.42 bits per heavy atom.